The Morgan fingerprint density at radius 2 is 1.71 bits per heavy atom. The number of piperazine rings is 1. The molecule has 2 saturated heterocycles. The molecule has 0 aliphatic carbocycles. The van der Waals surface area contributed by atoms with Crippen LogP contribution in [-0.2, 0) is 11.3 Å². The highest BCUT2D eigenvalue weighted by atomic mass is 16.2. The Morgan fingerprint density at radius 1 is 0.921 bits per heavy atom. The van der Waals surface area contributed by atoms with Gasteiger partial charge in [-0.25, -0.2) is 15.0 Å². The molecule has 10 nitrogen and oxygen atoms in total. The van der Waals surface area contributed by atoms with Crippen LogP contribution in [0.25, 0.3) is 11.1 Å². The Bertz CT molecular complexity index is 1260. The zero-order valence-electron chi connectivity index (χ0n) is 21.6. The van der Waals surface area contributed by atoms with E-state index < -0.39 is 0 Å². The van der Waals surface area contributed by atoms with Crippen molar-refractivity contribution in [2.24, 2.45) is 5.73 Å². The number of carbonyl (C=O) groups is 1. The van der Waals surface area contributed by atoms with Gasteiger partial charge in [0.15, 0.2) is 0 Å². The largest absolute Gasteiger partial charge is 0.355 e. The van der Waals surface area contributed by atoms with Crippen LogP contribution in [0.3, 0.4) is 0 Å². The summed E-state index contributed by atoms with van der Waals surface area (Å²) in [5.74, 6) is 1.54. The van der Waals surface area contributed by atoms with E-state index in [1.165, 1.54) is 5.56 Å². The summed E-state index contributed by atoms with van der Waals surface area (Å²) in [4.78, 5) is 33.4. The number of amides is 1. The maximum absolute atomic E-state index is 12.7. The van der Waals surface area contributed by atoms with Crippen molar-refractivity contribution in [3.05, 3.63) is 60.6 Å². The van der Waals surface area contributed by atoms with Crippen LogP contribution in [0.15, 0.2) is 55.0 Å². The first kappa shape index (κ1) is 24.7. The summed E-state index contributed by atoms with van der Waals surface area (Å²) in [6.07, 6.45) is 7.21. The minimum atomic E-state index is 0.0705. The lowest BCUT2D eigenvalue weighted by Gasteiger charge is -2.34. The lowest BCUT2D eigenvalue weighted by molar-refractivity contribution is -0.122. The van der Waals surface area contributed by atoms with Gasteiger partial charge in [-0.05, 0) is 48.2 Å². The van der Waals surface area contributed by atoms with E-state index in [2.05, 4.69) is 54.6 Å². The van der Waals surface area contributed by atoms with Crippen molar-refractivity contribution in [1.29, 1.82) is 0 Å². The number of pyridine rings is 1. The number of nitrogens with zero attached hydrogens (tertiary/aromatic N) is 6. The molecule has 2 aromatic heterocycles. The highest BCUT2D eigenvalue weighted by Gasteiger charge is 2.31. The molecule has 2 atom stereocenters. The van der Waals surface area contributed by atoms with Gasteiger partial charge in [0.2, 0.25) is 11.9 Å². The normalized spacial score (nSPS) is 25.9. The molecule has 38 heavy (non-hydrogen) atoms. The number of anilines is 3. The Balaban J connectivity index is 1.27. The van der Waals surface area contributed by atoms with E-state index in [1.807, 2.05) is 24.5 Å². The van der Waals surface area contributed by atoms with E-state index in [0.29, 0.717) is 25.6 Å². The molecule has 6 aliphatic rings. The average molecular weight is 514 g/mol. The first-order chi connectivity index (χ1) is 18.6. The number of nitrogens with two attached hydrogens (primary N) is 1. The first-order valence-electron chi connectivity index (χ1n) is 13.5. The molecule has 6 aliphatic heterocycles. The summed E-state index contributed by atoms with van der Waals surface area (Å²) in [6.45, 7) is 6.32. The molecule has 198 valence electrons. The summed E-state index contributed by atoms with van der Waals surface area (Å²) in [6, 6.07) is 12.7. The monoisotopic (exact) mass is 513 g/mol. The molecule has 0 saturated carbocycles. The summed E-state index contributed by atoms with van der Waals surface area (Å²) in [5.41, 5.74) is 10.5. The third kappa shape index (κ3) is 5.77. The molecule has 1 aromatic carbocycles. The Hall–Kier alpha value is -3.60. The highest BCUT2D eigenvalue weighted by molar-refractivity contribution is 5.78. The van der Waals surface area contributed by atoms with Crippen molar-refractivity contribution in [3.8, 4) is 11.1 Å². The van der Waals surface area contributed by atoms with Crippen LogP contribution < -0.4 is 21.3 Å². The number of nitrogens with one attached hydrogen (secondary N) is 2. The van der Waals surface area contributed by atoms with Gasteiger partial charge in [0.1, 0.15) is 5.82 Å². The Kier molecular flexibility index (Phi) is 7.17. The van der Waals surface area contributed by atoms with Crippen LogP contribution in [0.5, 0.6) is 0 Å². The lowest BCUT2D eigenvalue weighted by Crippen LogP contribution is -2.49. The highest BCUT2D eigenvalue weighted by Crippen LogP contribution is 2.27. The fourth-order valence-electron chi connectivity index (χ4n) is 5.66. The van der Waals surface area contributed by atoms with Crippen molar-refractivity contribution in [2.75, 3.05) is 56.0 Å². The summed E-state index contributed by atoms with van der Waals surface area (Å²) >= 11 is 0. The fourth-order valence-corrected chi connectivity index (χ4v) is 5.66. The van der Waals surface area contributed by atoms with Gasteiger partial charge in [-0.3, -0.25) is 14.6 Å². The van der Waals surface area contributed by atoms with Gasteiger partial charge >= 0.3 is 0 Å². The van der Waals surface area contributed by atoms with Crippen LogP contribution in [0.4, 0.5) is 17.5 Å². The summed E-state index contributed by atoms with van der Waals surface area (Å²) in [5, 5.41) is 6.58. The number of rotatable bonds is 0. The fraction of sp³-hybridized carbons (Fsp3) is 0.429. The Labute approximate surface area is 223 Å². The van der Waals surface area contributed by atoms with E-state index in [1.54, 1.807) is 6.20 Å². The van der Waals surface area contributed by atoms with Gasteiger partial charge in [0, 0.05) is 87.7 Å². The van der Waals surface area contributed by atoms with Gasteiger partial charge in [0.05, 0.1) is 6.54 Å². The Morgan fingerprint density at radius 3 is 2.53 bits per heavy atom. The maximum atomic E-state index is 12.7. The second-order valence-corrected chi connectivity index (χ2v) is 10.5. The van der Waals surface area contributed by atoms with Crippen molar-refractivity contribution >= 4 is 23.4 Å². The maximum Gasteiger partial charge on any atom is 0.234 e. The summed E-state index contributed by atoms with van der Waals surface area (Å²) < 4.78 is 0. The molecule has 0 radical (unpaired) electrons. The molecule has 3 aromatic rings. The van der Waals surface area contributed by atoms with Crippen LogP contribution in [0.1, 0.15) is 18.4 Å². The zero-order valence-corrected chi connectivity index (χ0v) is 21.6. The number of hydrogen-bond acceptors (Lipinski definition) is 9. The van der Waals surface area contributed by atoms with E-state index in [4.69, 9.17) is 15.7 Å². The van der Waals surface area contributed by atoms with Gasteiger partial charge < -0.3 is 21.3 Å². The molecule has 8 heterocycles. The van der Waals surface area contributed by atoms with Crippen molar-refractivity contribution in [1.82, 2.24) is 30.1 Å². The van der Waals surface area contributed by atoms with Gasteiger partial charge in [-0.2, -0.15) is 0 Å². The number of benzene rings is 1. The molecule has 8 bridgehead atoms. The van der Waals surface area contributed by atoms with E-state index in [0.717, 1.165) is 68.2 Å². The topological polar surface area (TPSA) is 116 Å². The predicted molar refractivity (Wildman–Crippen MR) is 148 cm³/mol. The number of carbonyl (C=O) groups excluding carboxylic acids is 1. The number of aromatic nitrogens is 3. The second kappa shape index (κ2) is 11.0. The smallest absolute Gasteiger partial charge is 0.234 e. The van der Waals surface area contributed by atoms with E-state index in [-0.39, 0.29) is 18.0 Å². The van der Waals surface area contributed by atoms with Crippen molar-refractivity contribution in [2.45, 2.75) is 31.5 Å². The zero-order chi connectivity index (χ0) is 25.9. The quantitative estimate of drug-likeness (QED) is 0.414. The molecule has 9 rings (SSSR count). The van der Waals surface area contributed by atoms with Crippen LogP contribution >= 0.6 is 0 Å². The molecule has 4 N–H and O–H groups in total. The third-order valence-electron chi connectivity index (χ3n) is 7.67. The van der Waals surface area contributed by atoms with Gasteiger partial charge in [-0.15, -0.1) is 0 Å². The molecule has 10 heteroatoms. The molecular formula is C28H35N9O. The lowest BCUT2D eigenvalue weighted by atomic mass is 10.1. The van der Waals surface area contributed by atoms with Crippen LogP contribution in [0.2, 0.25) is 0 Å². The molecule has 1 amide bonds. The molecular weight excluding hydrogens is 478 g/mol. The van der Waals surface area contributed by atoms with Gasteiger partial charge in [-0.1, -0.05) is 12.1 Å². The predicted octanol–water partition coefficient (Wildman–Crippen LogP) is 1.83. The average Bonchev–Trinajstić information content (AvgIpc) is 3.30. The summed E-state index contributed by atoms with van der Waals surface area (Å²) in [7, 11) is 0. The number of hydrogen-bond donors (Lipinski definition) is 3. The van der Waals surface area contributed by atoms with Gasteiger partial charge in [0.25, 0.3) is 0 Å². The minimum Gasteiger partial charge on any atom is -0.355 e. The molecule has 0 spiro atoms. The van der Waals surface area contributed by atoms with Crippen molar-refractivity contribution < 1.29 is 4.79 Å². The SMILES string of the molecule is NC1CC2CCNC(=O)CN3CCN(CC3)Cc3cccc(c3)Nc3cc(ccn3)-c3cnc(nc3)N2C1. The first-order valence-corrected chi connectivity index (χ1v) is 13.5. The van der Waals surface area contributed by atoms with Crippen LogP contribution in [-0.4, -0.2) is 88.6 Å². The second-order valence-electron chi connectivity index (χ2n) is 10.5. The minimum absolute atomic E-state index is 0.0705. The molecule has 2 fully saturated rings. The third-order valence-corrected chi connectivity index (χ3v) is 7.67. The van der Waals surface area contributed by atoms with Crippen LogP contribution in [0, 0.1) is 0 Å². The van der Waals surface area contributed by atoms with E-state index >= 15 is 0 Å². The molecule has 2 unspecified atom stereocenters. The van der Waals surface area contributed by atoms with Crippen molar-refractivity contribution in [3.63, 3.8) is 0 Å². The van der Waals surface area contributed by atoms with E-state index in [9.17, 15) is 4.79 Å². The standard InChI is InChI=1S/C28H35N9O/c29-23-14-25-5-7-31-27(38)19-36-10-8-35(9-11-36)17-20-2-1-3-24(12-20)34-26-13-21(4-6-30-26)22-15-32-28(33-16-22)37(25)18-23/h1-4,6,12-13,15-16,23,25H,5,7-11,14,17-19,29H2,(H,30,34)(H,31,38).